The summed E-state index contributed by atoms with van der Waals surface area (Å²) in [4.78, 5) is 28.9. The number of furan rings is 1. The smallest absolute Gasteiger partial charge is 0.286 e. The number of carbonyl (C=O) groups excluding carboxylic acids is 2. The maximum atomic E-state index is 11.9. The van der Waals surface area contributed by atoms with Crippen molar-refractivity contribution in [1.82, 2.24) is 10.3 Å². The maximum absolute atomic E-state index is 11.9. The lowest BCUT2D eigenvalue weighted by molar-refractivity contribution is -0.116. The average molecular weight is 396 g/mol. The number of hydrogen-bond donors (Lipinski definition) is 2. The molecule has 0 aliphatic heterocycles. The van der Waals surface area contributed by atoms with E-state index in [1.165, 1.54) is 28.9 Å². The van der Waals surface area contributed by atoms with Crippen LogP contribution in [0.3, 0.4) is 0 Å². The van der Waals surface area contributed by atoms with E-state index in [-0.39, 0.29) is 24.0 Å². The summed E-state index contributed by atoms with van der Waals surface area (Å²) in [5, 5.41) is 7.88. The number of amides is 2. The molecule has 0 saturated carbocycles. The molecule has 6 nitrogen and oxygen atoms in total. The van der Waals surface area contributed by atoms with Crippen molar-refractivity contribution in [3.63, 3.8) is 0 Å². The van der Waals surface area contributed by atoms with Crippen LogP contribution < -0.4 is 10.6 Å². The van der Waals surface area contributed by atoms with Gasteiger partial charge in [-0.2, -0.15) is 0 Å². The highest BCUT2D eigenvalue weighted by molar-refractivity contribution is 7.20. The number of halogens is 1. The Morgan fingerprint density at radius 1 is 1.28 bits per heavy atom. The third-order valence-electron chi connectivity index (χ3n) is 3.19. The van der Waals surface area contributed by atoms with E-state index in [2.05, 4.69) is 15.6 Å². The Hall–Kier alpha value is -2.16. The summed E-state index contributed by atoms with van der Waals surface area (Å²) in [5.41, 5.74) is 0.794. The molecule has 0 atom stereocenters. The monoisotopic (exact) mass is 395 g/mol. The van der Waals surface area contributed by atoms with Gasteiger partial charge in [0, 0.05) is 18.3 Å². The molecular weight excluding hydrogens is 382 g/mol. The van der Waals surface area contributed by atoms with Crippen molar-refractivity contribution in [2.75, 3.05) is 11.9 Å². The van der Waals surface area contributed by atoms with Gasteiger partial charge in [-0.25, -0.2) is 4.98 Å². The molecule has 0 spiro atoms. The number of nitrogens with one attached hydrogen (secondary N) is 2. The zero-order valence-corrected chi connectivity index (χ0v) is 15.3. The van der Waals surface area contributed by atoms with Crippen LogP contribution in [0.5, 0.6) is 0 Å². The fourth-order valence-corrected chi connectivity index (χ4v) is 3.83. The lowest BCUT2D eigenvalue weighted by Crippen LogP contribution is -2.25. The van der Waals surface area contributed by atoms with Gasteiger partial charge in [0.25, 0.3) is 5.91 Å². The van der Waals surface area contributed by atoms with Gasteiger partial charge < -0.3 is 15.1 Å². The molecule has 3 rings (SSSR count). The lowest BCUT2D eigenvalue weighted by atomic mass is 10.3. The molecule has 25 heavy (non-hydrogen) atoms. The van der Waals surface area contributed by atoms with Gasteiger partial charge in [-0.05, 0) is 30.7 Å². The predicted octanol–water partition coefficient (Wildman–Crippen LogP) is 4.27. The fourth-order valence-electron chi connectivity index (χ4n) is 2.02. The zero-order chi connectivity index (χ0) is 17.6. The number of anilines is 1. The molecule has 130 valence electrons. The molecule has 0 unspecified atom stereocenters. The molecule has 0 aliphatic carbocycles. The third kappa shape index (κ3) is 4.91. The Balaban J connectivity index is 1.41. The van der Waals surface area contributed by atoms with E-state index in [1.54, 1.807) is 12.1 Å². The molecule has 9 heteroatoms. The summed E-state index contributed by atoms with van der Waals surface area (Å²) >= 11 is 8.72. The topological polar surface area (TPSA) is 84.2 Å². The fraction of sp³-hybridized carbons (Fsp3) is 0.188. The highest BCUT2D eigenvalue weighted by atomic mass is 35.5. The van der Waals surface area contributed by atoms with Crippen molar-refractivity contribution >= 4 is 51.2 Å². The second-order valence-electron chi connectivity index (χ2n) is 5.03. The van der Waals surface area contributed by atoms with E-state index in [0.29, 0.717) is 22.4 Å². The van der Waals surface area contributed by atoms with E-state index in [9.17, 15) is 9.59 Å². The van der Waals surface area contributed by atoms with Crippen LogP contribution in [-0.2, 0) is 4.79 Å². The molecule has 3 heterocycles. The highest BCUT2D eigenvalue weighted by Crippen LogP contribution is 2.32. The second-order valence-corrected chi connectivity index (χ2v) is 7.60. The second kappa shape index (κ2) is 8.28. The summed E-state index contributed by atoms with van der Waals surface area (Å²) in [5.74, 6) is -0.171. The minimum atomic E-state index is -0.287. The SMILES string of the molecule is O=C(CCCNC(=O)c1ccco1)Nc1nc(-c2ccc(Cl)s2)cs1. The van der Waals surface area contributed by atoms with E-state index in [1.807, 2.05) is 17.5 Å². The molecule has 3 aromatic heterocycles. The molecule has 2 amide bonds. The lowest BCUT2D eigenvalue weighted by Gasteiger charge is -2.03. The quantitative estimate of drug-likeness (QED) is 0.585. The van der Waals surface area contributed by atoms with E-state index in [0.717, 1.165) is 10.6 Å². The normalized spacial score (nSPS) is 10.6. The predicted molar refractivity (Wildman–Crippen MR) is 99.3 cm³/mol. The van der Waals surface area contributed by atoms with Gasteiger partial charge >= 0.3 is 0 Å². The first-order valence-corrected chi connectivity index (χ1v) is 9.52. The Bertz CT molecular complexity index is 858. The van der Waals surface area contributed by atoms with Crippen molar-refractivity contribution in [2.45, 2.75) is 12.8 Å². The van der Waals surface area contributed by atoms with Crippen molar-refractivity contribution in [1.29, 1.82) is 0 Å². The molecule has 0 bridgehead atoms. The van der Waals surface area contributed by atoms with Gasteiger partial charge in [0.05, 0.1) is 21.2 Å². The molecule has 0 radical (unpaired) electrons. The van der Waals surface area contributed by atoms with Gasteiger partial charge in [-0.3, -0.25) is 9.59 Å². The number of thiophene rings is 1. The standard InChI is InChI=1S/C16H14ClN3O3S2/c17-13-6-5-12(25-13)10-9-24-16(19-10)20-14(21)4-1-7-18-15(22)11-3-2-8-23-11/h2-3,5-6,8-9H,1,4,7H2,(H,18,22)(H,19,20,21). The van der Waals surface area contributed by atoms with Crippen LogP contribution in [0, 0.1) is 0 Å². The number of nitrogens with zero attached hydrogens (tertiary/aromatic N) is 1. The van der Waals surface area contributed by atoms with Gasteiger partial charge in [-0.15, -0.1) is 22.7 Å². The van der Waals surface area contributed by atoms with Gasteiger partial charge in [0.15, 0.2) is 10.9 Å². The first-order chi connectivity index (χ1) is 12.1. The van der Waals surface area contributed by atoms with Gasteiger partial charge in [0.1, 0.15) is 0 Å². The average Bonchev–Trinajstić information content (AvgIpc) is 3.32. The molecule has 2 N–H and O–H groups in total. The summed E-state index contributed by atoms with van der Waals surface area (Å²) in [7, 11) is 0. The Kier molecular flexibility index (Phi) is 5.85. The molecule has 3 aromatic rings. The van der Waals surface area contributed by atoms with Crippen LogP contribution in [0.4, 0.5) is 5.13 Å². The first kappa shape index (κ1) is 17.7. The molecule has 0 saturated heterocycles. The van der Waals surface area contributed by atoms with Crippen LogP contribution >= 0.6 is 34.3 Å². The number of thiazole rings is 1. The summed E-state index contributed by atoms with van der Waals surface area (Å²) < 4.78 is 5.69. The molecule has 0 fully saturated rings. The number of aromatic nitrogens is 1. The molecule has 0 aromatic carbocycles. The number of hydrogen-bond acceptors (Lipinski definition) is 6. The van der Waals surface area contributed by atoms with Crippen LogP contribution in [0.2, 0.25) is 4.34 Å². The van der Waals surface area contributed by atoms with Crippen LogP contribution in [-0.4, -0.2) is 23.3 Å². The summed E-state index contributed by atoms with van der Waals surface area (Å²) in [6, 6.07) is 6.95. The minimum absolute atomic E-state index is 0.141. The first-order valence-electron chi connectivity index (χ1n) is 7.44. The summed E-state index contributed by atoms with van der Waals surface area (Å²) in [6.45, 7) is 0.393. The summed E-state index contributed by atoms with van der Waals surface area (Å²) in [6.07, 6.45) is 2.25. The molecular formula is C16H14ClN3O3S2. The Morgan fingerprint density at radius 2 is 2.16 bits per heavy atom. The van der Waals surface area contributed by atoms with Crippen molar-refractivity contribution < 1.29 is 14.0 Å². The van der Waals surface area contributed by atoms with E-state index < -0.39 is 0 Å². The van der Waals surface area contributed by atoms with Crippen LogP contribution in [0.1, 0.15) is 23.4 Å². The van der Waals surface area contributed by atoms with Crippen molar-refractivity contribution in [2.24, 2.45) is 0 Å². The number of carbonyl (C=O) groups is 2. The van der Waals surface area contributed by atoms with Gasteiger partial charge in [-0.1, -0.05) is 11.6 Å². The Labute approximate surface area is 156 Å². The number of rotatable bonds is 7. The van der Waals surface area contributed by atoms with Crippen LogP contribution in [0.25, 0.3) is 10.6 Å². The van der Waals surface area contributed by atoms with Crippen molar-refractivity contribution in [3.8, 4) is 10.6 Å². The van der Waals surface area contributed by atoms with E-state index >= 15 is 0 Å². The van der Waals surface area contributed by atoms with E-state index in [4.69, 9.17) is 16.0 Å². The van der Waals surface area contributed by atoms with Crippen LogP contribution in [0.15, 0.2) is 40.3 Å². The minimum Gasteiger partial charge on any atom is -0.459 e. The Morgan fingerprint density at radius 3 is 2.88 bits per heavy atom. The molecule has 0 aliphatic rings. The largest absolute Gasteiger partial charge is 0.459 e. The highest BCUT2D eigenvalue weighted by Gasteiger charge is 2.11. The third-order valence-corrected chi connectivity index (χ3v) is 5.20. The zero-order valence-electron chi connectivity index (χ0n) is 13.0. The van der Waals surface area contributed by atoms with Crippen molar-refractivity contribution in [3.05, 3.63) is 46.0 Å². The maximum Gasteiger partial charge on any atom is 0.286 e. The van der Waals surface area contributed by atoms with Gasteiger partial charge in [0.2, 0.25) is 5.91 Å².